The van der Waals surface area contributed by atoms with Crippen LogP contribution in [0.3, 0.4) is 0 Å². The lowest BCUT2D eigenvalue weighted by Crippen LogP contribution is -2.00. The Kier molecular flexibility index (Phi) is 6.35. The van der Waals surface area contributed by atoms with E-state index in [0.717, 1.165) is 66.2 Å². The molecule has 7 nitrogen and oxygen atoms in total. The molecule has 0 spiro atoms. The maximum atomic E-state index is 6.43. The Labute approximate surface area is 285 Å². The Morgan fingerprint density at radius 2 is 0.820 bits per heavy atom. The van der Waals surface area contributed by atoms with Gasteiger partial charge in [-0.2, -0.15) is 0 Å². The van der Waals surface area contributed by atoms with Crippen molar-refractivity contribution in [2.75, 3.05) is 0 Å². The fourth-order valence-electron chi connectivity index (χ4n) is 6.55. The lowest BCUT2D eigenvalue weighted by atomic mass is 10.1. The average Bonchev–Trinajstić information content (AvgIpc) is 3.77. The van der Waals surface area contributed by atoms with E-state index in [-0.39, 0.29) is 0 Å². The summed E-state index contributed by atoms with van der Waals surface area (Å²) in [6.45, 7) is 0. The molecule has 4 aromatic heterocycles. The molecule has 6 aromatic carbocycles. The Morgan fingerprint density at radius 3 is 1.48 bits per heavy atom. The molecule has 10 rings (SSSR count). The largest absolute Gasteiger partial charge is 0.455 e. The minimum atomic E-state index is 0.560. The highest BCUT2D eigenvalue weighted by atomic mass is 16.3. The summed E-state index contributed by atoms with van der Waals surface area (Å²) < 4.78 is 12.8. The zero-order valence-electron chi connectivity index (χ0n) is 26.5. The van der Waals surface area contributed by atoms with Crippen LogP contribution in [0.25, 0.3) is 101 Å². The molecular weight excluding hydrogens is 619 g/mol. The number of hydrogen-bond acceptors (Lipinski definition) is 7. The van der Waals surface area contributed by atoms with E-state index in [1.165, 1.54) is 0 Å². The standard InChI is InChI=1S/C43H25N5O2/c1-3-12-27(13-4-1)40-46-41(28-14-5-2-6-15-28)48-42(47-40)29-24-22-26(23-25-29)36-39-37(32-17-8-10-21-35(32)50-39)45-43(44-36)33-19-11-18-31-30-16-7-9-20-34(30)49-38(31)33/h1-25H. The molecule has 0 aliphatic rings. The van der Waals surface area contributed by atoms with Crippen molar-refractivity contribution in [3.05, 3.63) is 152 Å². The van der Waals surface area contributed by atoms with Crippen molar-refractivity contribution >= 4 is 44.0 Å². The third-order valence-corrected chi connectivity index (χ3v) is 8.98. The number of nitrogens with zero attached hydrogens (tertiary/aromatic N) is 5. The van der Waals surface area contributed by atoms with Crippen molar-refractivity contribution < 1.29 is 8.83 Å². The van der Waals surface area contributed by atoms with E-state index < -0.39 is 0 Å². The summed E-state index contributed by atoms with van der Waals surface area (Å²) in [6, 6.07) is 50.2. The van der Waals surface area contributed by atoms with E-state index in [1.807, 2.05) is 140 Å². The van der Waals surface area contributed by atoms with Crippen molar-refractivity contribution in [2.24, 2.45) is 0 Å². The summed E-state index contributed by atoms with van der Waals surface area (Å²) in [7, 11) is 0. The van der Waals surface area contributed by atoms with E-state index in [4.69, 9.17) is 33.8 Å². The van der Waals surface area contributed by atoms with E-state index in [1.54, 1.807) is 0 Å². The second-order valence-corrected chi connectivity index (χ2v) is 12.1. The molecule has 0 atom stereocenters. The molecule has 0 saturated carbocycles. The number of hydrogen-bond donors (Lipinski definition) is 0. The van der Waals surface area contributed by atoms with Gasteiger partial charge in [-0.25, -0.2) is 24.9 Å². The molecule has 0 aliphatic heterocycles. The summed E-state index contributed by atoms with van der Waals surface area (Å²) in [4.78, 5) is 24.9. The summed E-state index contributed by atoms with van der Waals surface area (Å²) in [6.07, 6.45) is 0. The summed E-state index contributed by atoms with van der Waals surface area (Å²) >= 11 is 0. The van der Waals surface area contributed by atoms with Gasteiger partial charge in [0.05, 0.1) is 5.56 Å². The van der Waals surface area contributed by atoms with Crippen LogP contribution in [0.4, 0.5) is 0 Å². The van der Waals surface area contributed by atoms with Gasteiger partial charge in [0.1, 0.15) is 28.0 Å². The normalized spacial score (nSPS) is 11.6. The highest BCUT2D eigenvalue weighted by Gasteiger charge is 2.21. The molecule has 0 aliphatic carbocycles. The minimum absolute atomic E-state index is 0.560. The van der Waals surface area contributed by atoms with Crippen molar-refractivity contribution in [3.63, 3.8) is 0 Å². The SMILES string of the molecule is c1ccc(-c2nc(-c3ccccc3)nc(-c3ccc(-c4nc(-c5cccc6c5oc5ccccc56)nc5c4oc4ccccc45)cc3)n2)cc1. The Balaban J connectivity index is 1.14. The van der Waals surface area contributed by atoms with Crippen LogP contribution in [0.2, 0.25) is 0 Å². The second kappa shape index (κ2) is 11.3. The first-order valence-corrected chi connectivity index (χ1v) is 16.3. The maximum absolute atomic E-state index is 6.43. The van der Waals surface area contributed by atoms with Crippen LogP contribution in [0.5, 0.6) is 0 Å². The van der Waals surface area contributed by atoms with Crippen molar-refractivity contribution in [1.82, 2.24) is 24.9 Å². The van der Waals surface area contributed by atoms with Gasteiger partial charge in [-0.05, 0) is 24.3 Å². The zero-order chi connectivity index (χ0) is 33.0. The van der Waals surface area contributed by atoms with E-state index in [9.17, 15) is 0 Å². The first-order valence-electron chi connectivity index (χ1n) is 16.3. The predicted octanol–water partition coefficient (Wildman–Crippen LogP) is 10.8. The van der Waals surface area contributed by atoms with Crippen LogP contribution >= 0.6 is 0 Å². The van der Waals surface area contributed by atoms with Crippen LogP contribution in [0.15, 0.2) is 160 Å². The first kappa shape index (κ1) is 28.1. The Morgan fingerprint density at radius 1 is 0.320 bits per heavy atom. The van der Waals surface area contributed by atoms with Crippen molar-refractivity contribution in [3.8, 4) is 56.8 Å². The highest BCUT2D eigenvalue weighted by molar-refractivity contribution is 6.11. The van der Waals surface area contributed by atoms with Crippen LogP contribution in [-0.2, 0) is 0 Å². The van der Waals surface area contributed by atoms with E-state index in [2.05, 4.69) is 12.1 Å². The van der Waals surface area contributed by atoms with Crippen molar-refractivity contribution in [1.29, 1.82) is 0 Å². The number of rotatable bonds is 5. The molecule has 0 N–H and O–H groups in total. The van der Waals surface area contributed by atoms with Gasteiger partial charge in [0.15, 0.2) is 28.9 Å². The third kappa shape index (κ3) is 4.64. The molecule has 0 radical (unpaired) electrons. The van der Waals surface area contributed by atoms with Gasteiger partial charge in [-0.1, -0.05) is 127 Å². The van der Waals surface area contributed by atoms with Crippen molar-refractivity contribution in [2.45, 2.75) is 0 Å². The third-order valence-electron chi connectivity index (χ3n) is 8.98. The first-order chi connectivity index (χ1) is 24.8. The molecule has 0 saturated heterocycles. The molecule has 0 amide bonds. The molecular formula is C43H25N5O2. The second-order valence-electron chi connectivity index (χ2n) is 12.1. The number of fused-ring (bicyclic) bond motifs is 6. The Hall–Kier alpha value is -6.99. The number of benzene rings is 6. The fraction of sp³-hybridized carbons (Fsp3) is 0. The molecule has 0 bridgehead atoms. The summed E-state index contributed by atoms with van der Waals surface area (Å²) in [5.41, 5.74) is 8.77. The quantitative estimate of drug-likeness (QED) is 0.184. The van der Waals surface area contributed by atoms with Crippen LogP contribution in [-0.4, -0.2) is 24.9 Å². The van der Waals surface area contributed by atoms with Gasteiger partial charge in [0.2, 0.25) is 0 Å². The van der Waals surface area contributed by atoms with Gasteiger partial charge < -0.3 is 8.83 Å². The minimum Gasteiger partial charge on any atom is -0.455 e. The molecule has 0 unspecified atom stereocenters. The van der Waals surface area contributed by atoms with Crippen LogP contribution < -0.4 is 0 Å². The highest BCUT2D eigenvalue weighted by Crippen LogP contribution is 2.39. The molecule has 4 heterocycles. The Bertz CT molecular complexity index is 2800. The van der Waals surface area contributed by atoms with Gasteiger partial charge >= 0.3 is 0 Å². The molecule has 0 fully saturated rings. The van der Waals surface area contributed by atoms with Gasteiger partial charge in [0, 0.05) is 38.4 Å². The molecule has 50 heavy (non-hydrogen) atoms. The fourth-order valence-corrected chi connectivity index (χ4v) is 6.55. The lowest BCUT2D eigenvalue weighted by molar-refractivity contribution is 0.666. The number of para-hydroxylation sites is 3. The average molecular weight is 644 g/mol. The van der Waals surface area contributed by atoms with E-state index >= 15 is 0 Å². The summed E-state index contributed by atoms with van der Waals surface area (Å²) in [5, 5.41) is 3.00. The lowest BCUT2D eigenvalue weighted by Gasteiger charge is -2.10. The van der Waals surface area contributed by atoms with Gasteiger partial charge in [-0.15, -0.1) is 0 Å². The van der Waals surface area contributed by atoms with Gasteiger partial charge in [-0.3, -0.25) is 0 Å². The zero-order valence-corrected chi connectivity index (χ0v) is 26.5. The maximum Gasteiger partial charge on any atom is 0.180 e. The smallest absolute Gasteiger partial charge is 0.180 e. The molecule has 10 aromatic rings. The van der Waals surface area contributed by atoms with E-state index in [0.29, 0.717) is 34.6 Å². The van der Waals surface area contributed by atoms with Gasteiger partial charge in [0.25, 0.3) is 0 Å². The van der Waals surface area contributed by atoms with Crippen LogP contribution in [0.1, 0.15) is 0 Å². The molecule has 7 heteroatoms. The predicted molar refractivity (Wildman–Crippen MR) is 197 cm³/mol. The van der Waals surface area contributed by atoms with Crippen LogP contribution in [0, 0.1) is 0 Å². The molecule has 234 valence electrons. The monoisotopic (exact) mass is 643 g/mol. The number of furan rings is 2. The summed E-state index contributed by atoms with van der Waals surface area (Å²) in [5.74, 6) is 2.37. The number of aromatic nitrogens is 5. The topological polar surface area (TPSA) is 90.7 Å².